The number of nitrogens with zero attached hydrogens (tertiary/aromatic N) is 3. The number of hydrogen-bond donors (Lipinski definition) is 0. The molecule has 0 spiro atoms. The highest BCUT2D eigenvalue weighted by atomic mass is 32.1. The van der Waals surface area contributed by atoms with E-state index in [1.165, 1.54) is 0 Å². The molecule has 20 heavy (non-hydrogen) atoms. The van der Waals surface area contributed by atoms with Crippen LogP contribution in [0.1, 0.15) is 0 Å². The molecule has 1 aromatic rings. The summed E-state index contributed by atoms with van der Waals surface area (Å²) in [6.45, 7) is 2.76. The van der Waals surface area contributed by atoms with Crippen LogP contribution < -0.4 is 4.90 Å². The molecular formula is C14H19N3O2S. The van der Waals surface area contributed by atoms with Crippen molar-refractivity contribution in [2.24, 2.45) is 11.8 Å². The molecule has 1 aromatic heterocycles. The second kappa shape index (κ2) is 5.18. The number of hydrogen-bond acceptors (Lipinski definition) is 4. The highest BCUT2D eigenvalue weighted by molar-refractivity contribution is 7.08. The molecule has 2 amide bonds. The van der Waals surface area contributed by atoms with Crippen molar-refractivity contribution in [3.8, 4) is 0 Å². The fourth-order valence-corrected chi connectivity index (χ4v) is 3.70. The lowest BCUT2D eigenvalue weighted by molar-refractivity contribution is -0.130. The van der Waals surface area contributed by atoms with Crippen LogP contribution in [0.3, 0.4) is 0 Å². The number of anilines is 1. The summed E-state index contributed by atoms with van der Waals surface area (Å²) in [5, 5.41) is 4.02. The molecule has 6 heteroatoms. The van der Waals surface area contributed by atoms with Crippen LogP contribution >= 0.6 is 11.3 Å². The zero-order valence-electron chi connectivity index (χ0n) is 11.8. The Morgan fingerprint density at radius 1 is 1.40 bits per heavy atom. The first-order valence-corrected chi connectivity index (χ1v) is 7.76. The molecule has 0 unspecified atom stereocenters. The van der Waals surface area contributed by atoms with Crippen molar-refractivity contribution >= 4 is 28.8 Å². The Morgan fingerprint density at radius 2 is 2.20 bits per heavy atom. The van der Waals surface area contributed by atoms with Crippen LogP contribution in [0.2, 0.25) is 0 Å². The second-order valence-electron chi connectivity index (χ2n) is 5.78. The molecular weight excluding hydrogens is 274 g/mol. The molecule has 2 saturated heterocycles. The Bertz CT molecular complexity index is 514. The maximum Gasteiger partial charge on any atom is 0.236 e. The van der Waals surface area contributed by atoms with Gasteiger partial charge in [-0.25, -0.2) is 0 Å². The lowest BCUT2D eigenvalue weighted by Gasteiger charge is -2.21. The van der Waals surface area contributed by atoms with E-state index >= 15 is 0 Å². The first-order chi connectivity index (χ1) is 9.56. The van der Waals surface area contributed by atoms with Gasteiger partial charge in [0.15, 0.2) is 0 Å². The van der Waals surface area contributed by atoms with Crippen molar-refractivity contribution in [1.29, 1.82) is 0 Å². The van der Waals surface area contributed by atoms with Crippen molar-refractivity contribution in [1.82, 2.24) is 9.80 Å². The molecule has 0 saturated carbocycles. The van der Waals surface area contributed by atoms with Crippen LogP contribution in [0, 0.1) is 11.8 Å². The summed E-state index contributed by atoms with van der Waals surface area (Å²) in [6.07, 6.45) is 0. The van der Waals surface area contributed by atoms with E-state index in [1.807, 2.05) is 21.7 Å². The van der Waals surface area contributed by atoms with Crippen LogP contribution in [0.4, 0.5) is 5.69 Å². The standard InChI is InChI=1S/C14H19N3O2S/c1-15(2)13(18)8-16-5-10-6-17(11-3-4-20-9-11)14(19)12(10)7-16/h3-4,9-10,12H,5-8H2,1-2H3/t10-,12-/m1/s1. The molecule has 0 aromatic carbocycles. The highest BCUT2D eigenvalue weighted by Gasteiger charge is 2.46. The zero-order chi connectivity index (χ0) is 14.3. The van der Waals surface area contributed by atoms with E-state index in [0.29, 0.717) is 19.0 Å². The minimum Gasteiger partial charge on any atom is -0.348 e. The summed E-state index contributed by atoms with van der Waals surface area (Å²) >= 11 is 1.61. The number of rotatable bonds is 3. The van der Waals surface area contributed by atoms with Gasteiger partial charge in [-0.15, -0.1) is 0 Å². The molecule has 108 valence electrons. The number of carbonyl (C=O) groups is 2. The van der Waals surface area contributed by atoms with E-state index in [2.05, 4.69) is 4.90 Å². The predicted octanol–water partition coefficient (Wildman–Crippen LogP) is 0.731. The number of carbonyl (C=O) groups excluding carboxylic acids is 2. The van der Waals surface area contributed by atoms with Crippen molar-refractivity contribution in [3.05, 3.63) is 16.8 Å². The van der Waals surface area contributed by atoms with Gasteiger partial charge in [-0.3, -0.25) is 14.5 Å². The normalized spacial score (nSPS) is 26.1. The lowest BCUT2D eigenvalue weighted by Crippen LogP contribution is -2.38. The SMILES string of the molecule is CN(C)C(=O)CN1C[C@@H]2CN(c3ccsc3)C(=O)[C@@H]2C1. The van der Waals surface area contributed by atoms with Crippen LogP contribution in [0.25, 0.3) is 0 Å². The maximum atomic E-state index is 12.5. The number of fused-ring (bicyclic) bond motifs is 1. The second-order valence-corrected chi connectivity index (χ2v) is 6.56. The topological polar surface area (TPSA) is 43.9 Å². The molecule has 3 rings (SSSR count). The van der Waals surface area contributed by atoms with E-state index in [1.54, 1.807) is 30.3 Å². The molecule has 0 N–H and O–H groups in total. The molecule has 0 bridgehead atoms. The zero-order valence-corrected chi connectivity index (χ0v) is 12.6. The maximum absolute atomic E-state index is 12.5. The summed E-state index contributed by atoms with van der Waals surface area (Å²) in [7, 11) is 3.53. The monoisotopic (exact) mass is 293 g/mol. The van der Waals surface area contributed by atoms with E-state index in [0.717, 1.165) is 18.8 Å². The molecule has 2 aliphatic heterocycles. The fourth-order valence-electron chi connectivity index (χ4n) is 3.06. The van der Waals surface area contributed by atoms with Gasteiger partial charge in [-0.2, -0.15) is 11.3 Å². The molecule has 5 nitrogen and oxygen atoms in total. The van der Waals surface area contributed by atoms with Crippen LogP contribution in [0.15, 0.2) is 16.8 Å². The molecule has 2 aliphatic rings. The third-order valence-electron chi connectivity index (χ3n) is 4.19. The van der Waals surface area contributed by atoms with Crippen molar-refractivity contribution in [3.63, 3.8) is 0 Å². The number of likely N-dealkylation sites (N-methyl/N-ethyl adjacent to an activating group) is 1. The van der Waals surface area contributed by atoms with Gasteiger partial charge in [0.2, 0.25) is 11.8 Å². The summed E-state index contributed by atoms with van der Waals surface area (Å²) < 4.78 is 0. The lowest BCUT2D eigenvalue weighted by atomic mass is 10.0. The van der Waals surface area contributed by atoms with Gasteiger partial charge in [0.25, 0.3) is 0 Å². The summed E-state index contributed by atoms with van der Waals surface area (Å²) in [4.78, 5) is 29.8. The average molecular weight is 293 g/mol. The van der Waals surface area contributed by atoms with Gasteiger partial charge in [0.1, 0.15) is 0 Å². The Labute approximate surface area is 122 Å². The molecule has 0 aliphatic carbocycles. The quantitative estimate of drug-likeness (QED) is 0.825. The van der Waals surface area contributed by atoms with Gasteiger partial charge in [-0.05, 0) is 11.4 Å². The Morgan fingerprint density at radius 3 is 2.80 bits per heavy atom. The van der Waals surface area contributed by atoms with Crippen molar-refractivity contribution < 1.29 is 9.59 Å². The van der Waals surface area contributed by atoms with Crippen molar-refractivity contribution in [2.75, 3.05) is 45.2 Å². The molecule has 2 fully saturated rings. The van der Waals surface area contributed by atoms with E-state index in [4.69, 9.17) is 0 Å². The van der Waals surface area contributed by atoms with Gasteiger partial charge >= 0.3 is 0 Å². The third kappa shape index (κ3) is 2.33. The fraction of sp³-hybridized carbons (Fsp3) is 0.571. The minimum absolute atomic E-state index is 0.0601. The Kier molecular flexibility index (Phi) is 3.52. The molecule has 0 radical (unpaired) electrons. The van der Waals surface area contributed by atoms with E-state index in [-0.39, 0.29) is 17.7 Å². The summed E-state index contributed by atoms with van der Waals surface area (Å²) in [5.41, 5.74) is 1.02. The van der Waals surface area contributed by atoms with E-state index < -0.39 is 0 Å². The third-order valence-corrected chi connectivity index (χ3v) is 4.86. The van der Waals surface area contributed by atoms with E-state index in [9.17, 15) is 9.59 Å². The van der Waals surface area contributed by atoms with Gasteiger partial charge in [0, 0.05) is 45.0 Å². The average Bonchev–Trinajstić information content (AvgIpc) is 3.07. The smallest absolute Gasteiger partial charge is 0.236 e. The van der Waals surface area contributed by atoms with Gasteiger partial charge in [0.05, 0.1) is 18.2 Å². The first-order valence-electron chi connectivity index (χ1n) is 6.82. The number of amides is 2. The molecule has 2 atom stereocenters. The van der Waals surface area contributed by atoms with Crippen LogP contribution in [-0.2, 0) is 9.59 Å². The van der Waals surface area contributed by atoms with Crippen LogP contribution in [0.5, 0.6) is 0 Å². The number of thiophene rings is 1. The van der Waals surface area contributed by atoms with Gasteiger partial charge < -0.3 is 9.80 Å². The minimum atomic E-state index is 0.0601. The largest absolute Gasteiger partial charge is 0.348 e. The Hall–Kier alpha value is -1.40. The predicted molar refractivity (Wildman–Crippen MR) is 78.8 cm³/mol. The Balaban J connectivity index is 1.63. The summed E-state index contributed by atoms with van der Waals surface area (Å²) in [5.74, 6) is 0.738. The molecule has 3 heterocycles. The van der Waals surface area contributed by atoms with Crippen molar-refractivity contribution in [2.45, 2.75) is 0 Å². The first kappa shape index (κ1) is 13.6. The van der Waals surface area contributed by atoms with Crippen LogP contribution in [-0.4, -0.2) is 61.9 Å². The van der Waals surface area contributed by atoms with Gasteiger partial charge in [-0.1, -0.05) is 0 Å². The summed E-state index contributed by atoms with van der Waals surface area (Å²) in [6, 6.07) is 2.00. The number of likely N-dealkylation sites (tertiary alicyclic amines) is 1. The highest BCUT2D eigenvalue weighted by Crippen LogP contribution is 2.35.